The molecule has 3 aromatic heterocycles. The van der Waals surface area contributed by atoms with Gasteiger partial charge in [0.25, 0.3) is 5.91 Å². The highest BCUT2D eigenvalue weighted by Gasteiger charge is 2.30. The molecular formula is C29H31N9O3. The van der Waals surface area contributed by atoms with Gasteiger partial charge in [0.05, 0.1) is 11.4 Å². The van der Waals surface area contributed by atoms with Crippen LogP contribution in [-0.4, -0.2) is 80.1 Å². The maximum absolute atomic E-state index is 13.5. The van der Waals surface area contributed by atoms with Crippen LogP contribution in [0.2, 0.25) is 0 Å². The highest BCUT2D eigenvalue weighted by molar-refractivity contribution is 6.12. The largest absolute Gasteiger partial charge is 0.423 e. The van der Waals surface area contributed by atoms with Gasteiger partial charge in [-0.05, 0) is 56.6 Å². The van der Waals surface area contributed by atoms with Crippen molar-refractivity contribution >= 4 is 51.4 Å². The zero-order valence-electron chi connectivity index (χ0n) is 22.9. The molecule has 1 fully saturated rings. The van der Waals surface area contributed by atoms with Crippen molar-refractivity contribution in [2.45, 2.75) is 25.3 Å². The summed E-state index contributed by atoms with van der Waals surface area (Å²) in [6.45, 7) is 1.77. The van der Waals surface area contributed by atoms with Gasteiger partial charge in [-0.3, -0.25) is 14.9 Å². The third kappa shape index (κ3) is 5.33. The number of benzene rings is 1. The van der Waals surface area contributed by atoms with E-state index in [-0.39, 0.29) is 29.5 Å². The normalized spacial score (nSPS) is 17.3. The molecule has 2 aliphatic rings. The number of fused-ring (bicyclic) bond motifs is 2. The predicted octanol–water partition coefficient (Wildman–Crippen LogP) is 3.43. The number of piperidine rings is 1. The summed E-state index contributed by atoms with van der Waals surface area (Å²) in [6.07, 6.45) is 13.4. The Morgan fingerprint density at radius 3 is 2.95 bits per heavy atom. The van der Waals surface area contributed by atoms with Crippen molar-refractivity contribution in [3.63, 3.8) is 0 Å². The average molecular weight is 554 g/mol. The van der Waals surface area contributed by atoms with E-state index in [2.05, 4.69) is 37.5 Å². The molecule has 12 nitrogen and oxygen atoms in total. The number of amides is 2. The van der Waals surface area contributed by atoms with E-state index >= 15 is 0 Å². The predicted molar refractivity (Wildman–Crippen MR) is 156 cm³/mol. The van der Waals surface area contributed by atoms with E-state index in [9.17, 15) is 9.59 Å². The number of likely N-dealkylation sites (N-methyl/N-ethyl adjacent to an activating group) is 1. The lowest BCUT2D eigenvalue weighted by Crippen LogP contribution is -2.40. The van der Waals surface area contributed by atoms with Gasteiger partial charge < -0.3 is 20.0 Å². The second-order valence-corrected chi connectivity index (χ2v) is 10.5. The van der Waals surface area contributed by atoms with Crippen LogP contribution in [0.5, 0.6) is 0 Å². The molecule has 4 heterocycles. The number of hydrogen-bond acceptors (Lipinski definition) is 9. The molecule has 210 valence electrons. The summed E-state index contributed by atoms with van der Waals surface area (Å²) in [6, 6.07) is 5.62. The summed E-state index contributed by atoms with van der Waals surface area (Å²) in [5, 5.41) is 7.71. The maximum Gasteiger partial charge on any atom is 0.302 e. The van der Waals surface area contributed by atoms with Gasteiger partial charge in [-0.25, -0.2) is 14.6 Å². The zero-order chi connectivity index (χ0) is 28.5. The van der Waals surface area contributed by atoms with Gasteiger partial charge in [-0.1, -0.05) is 30.4 Å². The summed E-state index contributed by atoms with van der Waals surface area (Å²) < 4.78 is 7.49. The summed E-state index contributed by atoms with van der Waals surface area (Å²) >= 11 is 0. The first-order valence-electron chi connectivity index (χ1n) is 13.5. The summed E-state index contributed by atoms with van der Waals surface area (Å²) in [4.78, 5) is 43.1. The van der Waals surface area contributed by atoms with Crippen molar-refractivity contribution in [1.82, 2.24) is 34.5 Å². The van der Waals surface area contributed by atoms with Gasteiger partial charge in [-0.2, -0.15) is 10.1 Å². The molecule has 0 radical (unpaired) electrons. The minimum atomic E-state index is -0.542. The van der Waals surface area contributed by atoms with E-state index in [1.807, 2.05) is 49.3 Å². The van der Waals surface area contributed by atoms with Crippen LogP contribution in [0.4, 0.5) is 11.8 Å². The second-order valence-electron chi connectivity index (χ2n) is 10.5. The molecule has 0 spiro atoms. The molecule has 1 aromatic carbocycles. The van der Waals surface area contributed by atoms with Crippen LogP contribution < -0.4 is 11.1 Å². The molecule has 6 rings (SSSR count). The molecule has 1 saturated heterocycles. The number of likely N-dealkylation sites (tertiary alicyclic amines) is 1. The Labute approximate surface area is 236 Å². The fourth-order valence-corrected chi connectivity index (χ4v) is 5.23. The van der Waals surface area contributed by atoms with Crippen molar-refractivity contribution in [2.24, 2.45) is 0 Å². The number of rotatable bonds is 7. The van der Waals surface area contributed by atoms with Gasteiger partial charge >= 0.3 is 6.01 Å². The van der Waals surface area contributed by atoms with Crippen LogP contribution in [0.15, 0.2) is 59.3 Å². The van der Waals surface area contributed by atoms with E-state index in [4.69, 9.17) is 10.2 Å². The first-order chi connectivity index (χ1) is 19.9. The molecule has 4 aromatic rings. The number of carbonyl (C=O) groups is 2. The van der Waals surface area contributed by atoms with Crippen molar-refractivity contribution < 1.29 is 14.0 Å². The lowest BCUT2D eigenvalue weighted by atomic mass is 10.1. The Kier molecular flexibility index (Phi) is 7.06. The zero-order valence-corrected chi connectivity index (χ0v) is 22.9. The quantitative estimate of drug-likeness (QED) is 0.328. The SMILES string of the molecule is CN(C)C/C=C/C(=O)N1CCC[C@@H](n2nc(C(=O)Nc3nc4cc(C5=CC=CC5)ccc4o3)c3c(N)ncnc32)C1. The molecule has 12 heteroatoms. The Morgan fingerprint density at radius 2 is 2.15 bits per heavy atom. The number of nitrogens with two attached hydrogens (primary N) is 1. The highest BCUT2D eigenvalue weighted by atomic mass is 16.4. The summed E-state index contributed by atoms with van der Waals surface area (Å²) in [5.41, 5.74) is 10.2. The third-order valence-electron chi connectivity index (χ3n) is 7.27. The molecule has 41 heavy (non-hydrogen) atoms. The fraction of sp³-hybridized carbons (Fsp3) is 0.310. The van der Waals surface area contributed by atoms with Gasteiger partial charge in [0.1, 0.15) is 17.7 Å². The van der Waals surface area contributed by atoms with Crippen molar-refractivity contribution in [3.05, 3.63) is 66.2 Å². The molecular weight excluding hydrogens is 522 g/mol. The van der Waals surface area contributed by atoms with E-state index in [0.717, 1.165) is 24.8 Å². The standard InChI is InChI=1S/C29H31N9O3/c1-36(2)13-6-10-23(39)37-14-5-9-20(16-37)38-27-24(26(30)31-17-32-27)25(35-38)28(40)34-29-33-21-15-19(11-12-22(21)41-29)18-7-3-4-8-18/h3-4,6-7,10-12,15,17,20H,5,8-9,13-14,16H2,1-2H3,(H2,30,31,32)(H,33,34,40)/b10-6+/t20-/m1/s1. The summed E-state index contributed by atoms with van der Waals surface area (Å²) in [7, 11) is 3.89. The number of carbonyl (C=O) groups excluding carboxylic acids is 2. The number of nitrogens with zero attached hydrogens (tertiary/aromatic N) is 7. The Bertz CT molecular complexity index is 1730. The molecule has 0 saturated carbocycles. The van der Waals surface area contributed by atoms with Crippen LogP contribution >= 0.6 is 0 Å². The molecule has 0 bridgehead atoms. The number of oxazole rings is 1. The number of nitrogens with one attached hydrogen (secondary N) is 1. The Morgan fingerprint density at radius 1 is 1.27 bits per heavy atom. The van der Waals surface area contributed by atoms with Crippen LogP contribution in [0, 0.1) is 0 Å². The first-order valence-corrected chi connectivity index (χ1v) is 13.5. The second kappa shape index (κ2) is 11.0. The van der Waals surface area contributed by atoms with Crippen molar-refractivity contribution in [2.75, 3.05) is 44.8 Å². The fourth-order valence-electron chi connectivity index (χ4n) is 5.23. The molecule has 1 atom stereocenters. The topological polar surface area (TPSA) is 148 Å². The highest BCUT2D eigenvalue weighted by Crippen LogP contribution is 2.30. The number of nitrogen functional groups attached to an aromatic ring is 1. The molecule has 0 unspecified atom stereocenters. The van der Waals surface area contributed by atoms with Crippen LogP contribution in [-0.2, 0) is 4.79 Å². The van der Waals surface area contributed by atoms with Crippen LogP contribution in [0.1, 0.15) is 41.4 Å². The number of allylic oxidation sites excluding steroid dienone is 4. The van der Waals surface area contributed by atoms with E-state index in [1.54, 1.807) is 15.7 Å². The van der Waals surface area contributed by atoms with Crippen LogP contribution in [0.25, 0.3) is 27.7 Å². The molecule has 1 aliphatic carbocycles. The number of hydrogen-bond donors (Lipinski definition) is 2. The van der Waals surface area contributed by atoms with Gasteiger partial charge in [0.15, 0.2) is 16.9 Å². The number of anilines is 2. The third-order valence-corrected chi connectivity index (χ3v) is 7.27. The lowest BCUT2D eigenvalue weighted by Gasteiger charge is -2.32. The molecule has 3 N–H and O–H groups in total. The monoisotopic (exact) mass is 553 g/mol. The van der Waals surface area contributed by atoms with Crippen LogP contribution in [0.3, 0.4) is 0 Å². The minimum absolute atomic E-state index is 0.0535. The lowest BCUT2D eigenvalue weighted by molar-refractivity contribution is -0.127. The smallest absolute Gasteiger partial charge is 0.302 e. The maximum atomic E-state index is 13.5. The van der Waals surface area contributed by atoms with Crippen molar-refractivity contribution in [1.29, 1.82) is 0 Å². The van der Waals surface area contributed by atoms with Crippen molar-refractivity contribution in [3.8, 4) is 0 Å². The van der Waals surface area contributed by atoms with Gasteiger partial charge in [0, 0.05) is 25.7 Å². The van der Waals surface area contributed by atoms with Gasteiger partial charge in [0.2, 0.25) is 5.91 Å². The first kappa shape index (κ1) is 26.4. The Hall–Kier alpha value is -4.84. The number of aromatic nitrogens is 5. The minimum Gasteiger partial charge on any atom is -0.423 e. The van der Waals surface area contributed by atoms with E-state index in [0.29, 0.717) is 41.8 Å². The van der Waals surface area contributed by atoms with E-state index in [1.165, 1.54) is 11.9 Å². The van der Waals surface area contributed by atoms with E-state index < -0.39 is 5.91 Å². The Balaban J connectivity index is 1.25. The van der Waals surface area contributed by atoms with Gasteiger partial charge in [-0.15, -0.1) is 0 Å². The molecule has 2 amide bonds. The molecule has 1 aliphatic heterocycles. The average Bonchev–Trinajstić information content (AvgIpc) is 3.71. The summed E-state index contributed by atoms with van der Waals surface area (Å²) in [5.74, 6) is -0.456.